The number of hydrogen-bond acceptors (Lipinski definition) is 5. The van der Waals surface area contributed by atoms with Gasteiger partial charge in [-0.2, -0.15) is 5.10 Å². The molecule has 0 aliphatic heterocycles. The topological polar surface area (TPSA) is 47.2 Å². The van der Waals surface area contributed by atoms with E-state index in [0.29, 0.717) is 0 Å². The Labute approximate surface area is 126 Å². The molecule has 0 spiro atoms. The summed E-state index contributed by atoms with van der Waals surface area (Å²) in [6.45, 7) is 5.90. The molecule has 7 heteroatoms. The van der Waals surface area contributed by atoms with Crippen LogP contribution in [0.5, 0.6) is 0 Å². The minimum absolute atomic E-state index is 0.827. The van der Waals surface area contributed by atoms with E-state index in [-0.39, 0.29) is 0 Å². The lowest BCUT2D eigenvalue weighted by Gasteiger charge is -2.04. The molecule has 20 heavy (non-hydrogen) atoms. The molecule has 3 rings (SSSR count). The highest BCUT2D eigenvalue weighted by Crippen LogP contribution is 2.31. The van der Waals surface area contributed by atoms with Crippen LogP contribution in [0.15, 0.2) is 27.7 Å². The number of nitrogens with one attached hydrogen (secondary N) is 1. The molecule has 0 saturated carbocycles. The smallest absolute Gasteiger partial charge is 0.194 e. The molecule has 0 radical (unpaired) electrons. The molecule has 1 N–H and O–H groups in total. The number of nitrogens with zero attached hydrogens (tertiary/aromatic N) is 4. The van der Waals surface area contributed by atoms with E-state index in [2.05, 4.69) is 39.4 Å². The van der Waals surface area contributed by atoms with E-state index >= 15 is 0 Å². The maximum atomic E-state index is 4.73. The molecule has 0 aromatic carbocycles. The Morgan fingerprint density at radius 2 is 2.30 bits per heavy atom. The van der Waals surface area contributed by atoms with Gasteiger partial charge >= 0.3 is 0 Å². The van der Waals surface area contributed by atoms with E-state index in [1.807, 2.05) is 18.7 Å². The van der Waals surface area contributed by atoms with Crippen molar-refractivity contribution in [3.05, 3.63) is 29.0 Å². The molecule has 0 amide bonds. The fraction of sp³-hybridized carbons (Fsp3) is 0.385. The Morgan fingerprint density at radius 1 is 1.45 bits per heavy atom. The van der Waals surface area contributed by atoms with Crippen molar-refractivity contribution in [2.45, 2.75) is 30.4 Å². The molecule has 0 aliphatic carbocycles. The average Bonchev–Trinajstić information content (AvgIpc) is 3.04. The van der Waals surface area contributed by atoms with Crippen molar-refractivity contribution >= 4 is 28.1 Å². The number of hydrogen-bond donors (Lipinski definition) is 1. The second-order valence-electron chi connectivity index (χ2n) is 4.55. The van der Waals surface area contributed by atoms with Gasteiger partial charge in [0.05, 0.1) is 11.4 Å². The third-order valence-corrected chi connectivity index (χ3v) is 4.90. The third kappa shape index (κ3) is 2.48. The zero-order chi connectivity index (χ0) is 14.1. The zero-order valence-corrected chi connectivity index (χ0v) is 13.4. The summed E-state index contributed by atoms with van der Waals surface area (Å²) in [5.41, 5.74) is 2.25. The molecule has 106 valence electrons. The van der Waals surface area contributed by atoms with Crippen molar-refractivity contribution in [3.8, 4) is 0 Å². The molecule has 0 atom stereocenters. The number of rotatable bonds is 5. The van der Waals surface area contributed by atoms with Crippen molar-refractivity contribution in [1.29, 1.82) is 0 Å². The molecule has 0 saturated heterocycles. The Morgan fingerprint density at radius 3 is 3.00 bits per heavy atom. The summed E-state index contributed by atoms with van der Waals surface area (Å²) in [6, 6.07) is 2.09. The van der Waals surface area contributed by atoms with Gasteiger partial charge in [-0.1, -0.05) is 6.92 Å². The summed E-state index contributed by atoms with van der Waals surface area (Å²) >= 11 is 3.34. The lowest BCUT2D eigenvalue weighted by Crippen LogP contribution is -2.13. The minimum Gasteiger partial charge on any atom is -0.311 e. The van der Waals surface area contributed by atoms with E-state index in [0.717, 1.165) is 33.8 Å². The van der Waals surface area contributed by atoms with E-state index in [1.165, 1.54) is 5.69 Å². The highest BCUT2D eigenvalue weighted by Gasteiger charge is 2.15. The van der Waals surface area contributed by atoms with Crippen LogP contribution in [0.3, 0.4) is 0 Å². The Bertz CT molecular complexity index is 724. The summed E-state index contributed by atoms with van der Waals surface area (Å²) in [4.78, 5) is 5.78. The fourth-order valence-electron chi connectivity index (χ4n) is 2.08. The van der Waals surface area contributed by atoms with Crippen LogP contribution in [0, 0.1) is 6.92 Å². The first-order chi connectivity index (χ1) is 9.69. The monoisotopic (exact) mass is 307 g/mol. The van der Waals surface area contributed by atoms with Gasteiger partial charge in [-0.3, -0.25) is 9.08 Å². The van der Waals surface area contributed by atoms with Gasteiger partial charge in [0.2, 0.25) is 0 Å². The summed E-state index contributed by atoms with van der Waals surface area (Å²) in [5.74, 6) is 0. The van der Waals surface area contributed by atoms with E-state index in [1.54, 1.807) is 23.1 Å². The lowest BCUT2D eigenvalue weighted by atomic mass is 10.4. The van der Waals surface area contributed by atoms with Gasteiger partial charge in [0.25, 0.3) is 0 Å². The first kappa shape index (κ1) is 13.7. The maximum absolute atomic E-state index is 4.73. The van der Waals surface area contributed by atoms with Gasteiger partial charge in [0.1, 0.15) is 10.1 Å². The zero-order valence-electron chi connectivity index (χ0n) is 11.8. The molecule has 0 fully saturated rings. The van der Waals surface area contributed by atoms with Crippen molar-refractivity contribution in [1.82, 2.24) is 24.5 Å². The molecule has 3 heterocycles. The van der Waals surface area contributed by atoms with E-state index in [4.69, 9.17) is 4.98 Å². The number of thiazole rings is 1. The van der Waals surface area contributed by atoms with Crippen LogP contribution >= 0.6 is 23.1 Å². The van der Waals surface area contributed by atoms with Crippen LogP contribution in [0.4, 0.5) is 0 Å². The normalized spacial score (nSPS) is 11.6. The van der Waals surface area contributed by atoms with Crippen molar-refractivity contribution in [2.75, 3.05) is 6.54 Å². The first-order valence-electron chi connectivity index (χ1n) is 6.52. The molecule has 0 bridgehead atoms. The van der Waals surface area contributed by atoms with Crippen molar-refractivity contribution in [3.63, 3.8) is 0 Å². The second kappa shape index (κ2) is 5.59. The van der Waals surface area contributed by atoms with Gasteiger partial charge in [-0.05, 0) is 31.3 Å². The van der Waals surface area contributed by atoms with Crippen LogP contribution in [-0.4, -0.2) is 25.7 Å². The average molecular weight is 307 g/mol. The predicted molar refractivity (Wildman–Crippen MR) is 82.5 cm³/mol. The minimum atomic E-state index is 0.827. The van der Waals surface area contributed by atoms with Crippen LogP contribution in [0.25, 0.3) is 4.96 Å². The van der Waals surface area contributed by atoms with E-state index in [9.17, 15) is 0 Å². The van der Waals surface area contributed by atoms with Crippen LogP contribution in [0.2, 0.25) is 0 Å². The molecule has 3 aromatic rings. The SMILES string of the molecule is CCNCc1c(Sc2cc(C)nn2C)nc2sccn12. The highest BCUT2D eigenvalue weighted by molar-refractivity contribution is 7.99. The predicted octanol–water partition coefficient (Wildman–Crippen LogP) is 2.70. The molecule has 3 aromatic heterocycles. The largest absolute Gasteiger partial charge is 0.311 e. The van der Waals surface area contributed by atoms with Gasteiger partial charge < -0.3 is 5.32 Å². The molecular formula is C13H17N5S2. The van der Waals surface area contributed by atoms with Gasteiger partial charge in [-0.25, -0.2) is 4.98 Å². The summed E-state index contributed by atoms with van der Waals surface area (Å²) in [7, 11) is 1.97. The second-order valence-corrected chi connectivity index (χ2v) is 6.43. The van der Waals surface area contributed by atoms with E-state index < -0.39 is 0 Å². The van der Waals surface area contributed by atoms with Gasteiger partial charge in [-0.15, -0.1) is 11.3 Å². The molecule has 5 nitrogen and oxygen atoms in total. The molecule has 0 aliphatic rings. The summed E-state index contributed by atoms with van der Waals surface area (Å²) in [5, 5.41) is 12.0. The van der Waals surface area contributed by atoms with Crippen LogP contribution in [0.1, 0.15) is 18.3 Å². The number of aromatic nitrogens is 4. The van der Waals surface area contributed by atoms with Gasteiger partial charge in [0.15, 0.2) is 4.96 Å². The summed E-state index contributed by atoms with van der Waals surface area (Å²) < 4.78 is 4.07. The van der Waals surface area contributed by atoms with Crippen molar-refractivity contribution < 1.29 is 0 Å². The molecule has 0 unspecified atom stereocenters. The first-order valence-corrected chi connectivity index (χ1v) is 8.22. The standard InChI is InChI=1S/C13H17N5S2/c1-4-14-8-10-12(15-13-18(10)5-6-19-13)20-11-7-9(2)16-17(11)3/h5-7,14H,4,8H2,1-3H3. The Balaban J connectivity index is 1.97. The number of fused-ring (bicyclic) bond motifs is 1. The Kier molecular flexibility index (Phi) is 3.82. The third-order valence-electron chi connectivity index (χ3n) is 3.03. The van der Waals surface area contributed by atoms with Crippen LogP contribution < -0.4 is 5.32 Å². The highest BCUT2D eigenvalue weighted by atomic mass is 32.2. The number of imidazole rings is 1. The lowest BCUT2D eigenvalue weighted by molar-refractivity contribution is 0.686. The number of aryl methyl sites for hydroxylation is 2. The van der Waals surface area contributed by atoms with Crippen molar-refractivity contribution in [2.24, 2.45) is 7.05 Å². The maximum Gasteiger partial charge on any atom is 0.194 e. The van der Waals surface area contributed by atoms with Crippen LogP contribution in [-0.2, 0) is 13.6 Å². The fourth-order valence-corrected chi connectivity index (χ4v) is 3.89. The quantitative estimate of drug-likeness (QED) is 0.787. The summed E-state index contributed by atoms with van der Waals surface area (Å²) in [6.07, 6.45) is 2.08. The Hall–Kier alpha value is -1.31. The molecular weight excluding hydrogens is 290 g/mol. The van der Waals surface area contributed by atoms with Gasteiger partial charge in [0, 0.05) is 25.2 Å².